The minimum absolute atomic E-state index is 0.0641. The minimum atomic E-state index is -0.184. The average Bonchev–Trinajstić information content (AvgIpc) is 2.95. The number of likely N-dealkylation sites (tertiary alicyclic amines) is 1. The highest BCUT2D eigenvalue weighted by molar-refractivity contribution is 5.73. The quantitative estimate of drug-likeness (QED) is 0.914. The second kappa shape index (κ2) is 7.49. The lowest BCUT2D eigenvalue weighted by atomic mass is 9.84. The van der Waals surface area contributed by atoms with Crippen molar-refractivity contribution in [2.75, 3.05) is 40.3 Å². The summed E-state index contributed by atoms with van der Waals surface area (Å²) in [5.41, 5.74) is 1.00. The van der Waals surface area contributed by atoms with Crippen LogP contribution < -0.4 is 5.32 Å². The predicted molar refractivity (Wildman–Crippen MR) is 90.1 cm³/mol. The molecule has 1 aromatic carbocycles. The van der Waals surface area contributed by atoms with Crippen molar-refractivity contribution in [1.29, 1.82) is 0 Å². The summed E-state index contributed by atoms with van der Waals surface area (Å²) in [5.74, 6) is 0.806. The number of halogens is 1. The molecule has 0 spiro atoms. The highest BCUT2D eigenvalue weighted by Gasteiger charge is 2.40. The maximum Gasteiger partial charge on any atom is 0.316 e. The first-order chi connectivity index (χ1) is 11.5. The number of carbonyl (C=O) groups is 1. The van der Waals surface area contributed by atoms with E-state index < -0.39 is 0 Å². The van der Waals surface area contributed by atoms with Gasteiger partial charge in [-0.15, -0.1) is 0 Å². The summed E-state index contributed by atoms with van der Waals surface area (Å²) in [6.07, 6.45) is 1.16. The number of amides is 2. The van der Waals surface area contributed by atoms with Gasteiger partial charge in [0.05, 0.1) is 12.7 Å². The van der Waals surface area contributed by atoms with E-state index in [1.807, 2.05) is 6.07 Å². The Labute approximate surface area is 142 Å². The highest BCUT2D eigenvalue weighted by Crippen LogP contribution is 2.34. The third-order valence-electron chi connectivity index (χ3n) is 5.05. The number of hydrogen-bond acceptors (Lipinski definition) is 3. The van der Waals surface area contributed by atoms with E-state index in [0.717, 1.165) is 38.2 Å². The molecular formula is C18H26FN3O2. The Kier molecular flexibility index (Phi) is 5.36. The Morgan fingerprint density at radius 1 is 1.46 bits per heavy atom. The molecule has 0 aliphatic carbocycles. The molecule has 0 radical (unpaired) electrons. The van der Waals surface area contributed by atoms with Gasteiger partial charge in [-0.2, -0.15) is 0 Å². The first kappa shape index (κ1) is 17.2. The summed E-state index contributed by atoms with van der Waals surface area (Å²) in [4.78, 5) is 15.6. The summed E-state index contributed by atoms with van der Waals surface area (Å²) >= 11 is 0. The zero-order valence-electron chi connectivity index (χ0n) is 14.4. The van der Waals surface area contributed by atoms with Gasteiger partial charge in [0.25, 0.3) is 0 Å². The molecule has 0 saturated carbocycles. The molecule has 2 fully saturated rings. The molecule has 2 saturated heterocycles. The van der Waals surface area contributed by atoms with Crippen molar-refractivity contribution in [3.63, 3.8) is 0 Å². The molecule has 0 aromatic heterocycles. The van der Waals surface area contributed by atoms with Crippen molar-refractivity contribution >= 4 is 6.03 Å². The maximum atomic E-state index is 13.4. The summed E-state index contributed by atoms with van der Waals surface area (Å²) < 4.78 is 19.3. The maximum absolute atomic E-state index is 13.4. The third kappa shape index (κ3) is 4.05. The summed E-state index contributed by atoms with van der Waals surface area (Å²) in [6, 6.07) is 6.72. The third-order valence-corrected chi connectivity index (χ3v) is 5.05. The number of carbonyl (C=O) groups excluding carboxylic acids is 1. The van der Waals surface area contributed by atoms with Crippen molar-refractivity contribution in [3.05, 3.63) is 35.6 Å². The van der Waals surface area contributed by atoms with Crippen molar-refractivity contribution < 1.29 is 13.9 Å². The fourth-order valence-electron chi connectivity index (χ4n) is 3.69. The van der Waals surface area contributed by atoms with Crippen LogP contribution in [0, 0.1) is 17.7 Å². The van der Waals surface area contributed by atoms with Crippen molar-refractivity contribution in [3.8, 4) is 0 Å². The SMILES string of the molecule is CN(C)C(=O)NC[C@H]1OC[C@@H]2CCN(Cc3cccc(F)c3)C[C@@H]21. The molecule has 1 aromatic rings. The Hall–Kier alpha value is -1.66. The molecule has 24 heavy (non-hydrogen) atoms. The van der Waals surface area contributed by atoms with Gasteiger partial charge in [-0.3, -0.25) is 4.90 Å². The zero-order valence-corrected chi connectivity index (χ0v) is 14.4. The summed E-state index contributed by atoms with van der Waals surface area (Å²) in [5, 5.41) is 2.92. The summed E-state index contributed by atoms with van der Waals surface area (Å²) in [6.45, 7) is 4.03. The number of hydrogen-bond donors (Lipinski definition) is 1. The van der Waals surface area contributed by atoms with Crippen LogP contribution in [0.25, 0.3) is 0 Å². The topological polar surface area (TPSA) is 44.8 Å². The molecule has 0 bridgehead atoms. The van der Waals surface area contributed by atoms with Crippen molar-refractivity contribution in [1.82, 2.24) is 15.1 Å². The van der Waals surface area contributed by atoms with Crippen LogP contribution in [0.1, 0.15) is 12.0 Å². The first-order valence-corrected chi connectivity index (χ1v) is 8.56. The van der Waals surface area contributed by atoms with Crippen LogP contribution in [0.2, 0.25) is 0 Å². The average molecular weight is 335 g/mol. The van der Waals surface area contributed by atoms with Gasteiger partial charge in [-0.25, -0.2) is 9.18 Å². The molecule has 5 nitrogen and oxygen atoms in total. The number of benzene rings is 1. The van der Waals surface area contributed by atoms with Crippen LogP contribution in [0.5, 0.6) is 0 Å². The van der Waals surface area contributed by atoms with Crippen LogP contribution in [0.4, 0.5) is 9.18 Å². The number of rotatable bonds is 4. The fourth-order valence-corrected chi connectivity index (χ4v) is 3.69. The van der Waals surface area contributed by atoms with E-state index in [1.54, 1.807) is 26.2 Å². The van der Waals surface area contributed by atoms with E-state index >= 15 is 0 Å². The first-order valence-electron chi connectivity index (χ1n) is 8.56. The smallest absolute Gasteiger partial charge is 0.316 e. The molecular weight excluding hydrogens is 309 g/mol. The Balaban J connectivity index is 1.56. The fraction of sp³-hybridized carbons (Fsp3) is 0.611. The van der Waals surface area contributed by atoms with Gasteiger partial charge in [-0.1, -0.05) is 12.1 Å². The lowest BCUT2D eigenvalue weighted by Crippen LogP contribution is -2.46. The number of nitrogens with zero attached hydrogens (tertiary/aromatic N) is 2. The van der Waals surface area contributed by atoms with Gasteiger partial charge >= 0.3 is 6.03 Å². The molecule has 0 unspecified atom stereocenters. The van der Waals surface area contributed by atoms with Crippen molar-refractivity contribution in [2.45, 2.75) is 19.1 Å². The van der Waals surface area contributed by atoms with E-state index in [9.17, 15) is 9.18 Å². The number of fused-ring (bicyclic) bond motifs is 1. The van der Waals surface area contributed by atoms with E-state index in [2.05, 4.69) is 10.2 Å². The molecule has 1 N–H and O–H groups in total. The minimum Gasteiger partial charge on any atom is -0.376 e. The van der Waals surface area contributed by atoms with Crippen LogP contribution in [-0.4, -0.2) is 62.3 Å². The Morgan fingerprint density at radius 3 is 3.04 bits per heavy atom. The molecule has 3 atom stereocenters. The monoisotopic (exact) mass is 335 g/mol. The van der Waals surface area contributed by atoms with E-state index in [4.69, 9.17) is 4.74 Å². The summed E-state index contributed by atoms with van der Waals surface area (Å²) in [7, 11) is 3.46. The van der Waals surface area contributed by atoms with Gasteiger partial charge < -0.3 is 15.0 Å². The number of nitrogens with one attached hydrogen (secondary N) is 1. The van der Waals surface area contributed by atoms with Crippen molar-refractivity contribution in [2.24, 2.45) is 11.8 Å². The molecule has 132 valence electrons. The molecule has 2 heterocycles. The second-order valence-corrected chi connectivity index (χ2v) is 7.03. The number of ether oxygens (including phenoxy) is 1. The van der Waals surface area contributed by atoms with E-state index in [-0.39, 0.29) is 18.0 Å². The van der Waals surface area contributed by atoms with Crippen LogP contribution in [-0.2, 0) is 11.3 Å². The van der Waals surface area contributed by atoms with E-state index in [1.165, 1.54) is 11.0 Å². The van der Waals surface area contributed by atoms with Gasteiger partial charge in [0.2, 0.25) is 0 Å². The number of piperidine rings is 1. The Bertz CT molecular complexity index is 581. The lowest BCUT2D eigenvalue weighted by Gasteiger charge is -2.36. The van der Waals surface area contributed by atoms with Gasteiger partial charge in [0.1, 0.15) is 5.82 Å². The predicted octanol–water partition coefficient (Wildman–Crippen LogP) is 1.93. The van der Waals surface area contributed by atoms with Crippen LogP contribution in [0.3, 0.4) is 0 Å². The molecule has 3 rings (SSSR count). The standard InChI is InChI=1S/C18H26FN3O2/c1-21(2)18(23)20-9-17-16-11-22(7-6-14(16)12-24-17)10-13-4-3-5-15(19)8-13/h3-5,8,14,16-17H,6-7,9-12H2,1-2H3,(H,20,23)/t14-,16-,17+/m0/s1. The van der Waals surface area contributed by atoms with Crippen LogP contribution in [0.15, 0.2) is 24.3 Å². The Morgan fingerprint density at radius 2 is 2.29 bits per heavy atom. The molecule has 2 aliphatic rings. The zero-order chi connectivity index (χ0) is 17.1. The van der Waals surface area contributed by atoms with Gasteiger partial charge in [0, 0.05) is 39.6 Å². The van der Waals surface area contributed by atoms with Gasteiger partial charge in [-0.05, 0) is 36.6 Å². The van der Waals surface area contributed by atoms with E-state index in [0.29, 0.717) is 18.4 Å². The number of urea groups is 1. The normalized spacial score (nSPS) is 26.9. The van der Waals surface area contributed by atoms with Crippen LogP contribution >= 0.6 is 0 Å². The molecule has 2 aliphatic heterocycles. The molecule has 6 heteroatoms. The highest BCUT2D eigenvalue weighted by atomic mass is 19.1. The lowest BCUT2D eigenvalue weighted by molar-refractivity contribution is 0.0743. The molecule has 2 amide bonds. The largest absolute Gasteiger partial charge is 0.376 e. The van der Waals surface area contributed by atoms with Gasteiger partial charge in [0.15, 0.2) is 0 Å². The second-order valence-electron chi connectivity index (χ2n) is 7.03.